The first-order valence-corrected chi connectivity index (χ1v) is 11.2. The zero-order valence-electron chi connectivity index (χ0n) is 18.3. The monoisotopic (exact) mass is 422 g/mol. The van der Waals surface area contributed by atoms with Crippen molar-refractivity contribution in [2.45, 2.75) is 58.8 Å². The third kappa shape index (κ3) is 4.76. The molecule has 1 saturated carbocycles. The molecule has 0 unspecified atom stereocenters. The van der Waals surface area contributed by atoms with E-state index in [1.807, 2.05) is 31.5 Å². The SMILES string of the molecule is C1CCCCCC1.CCNc1ncc2c(-c3ccn4ncc(C(C)=O)c4c3)c[nH]c2n1.[HH].[HH]. The molecule has 0 bridgehead atoms. The van der Waals surface area contributed by atoms with Crippen molar-refractivity contribution >= 4 is 28.3 Å². The van der Waals surface area contributed by atoms with Crippen LogP contribution < -0.4 is 5.32 Å². The zero-order chi connectivity index (χ0) is 21.6. The second-order valence-electron chi connectivity index (χ2n) is 8.02. The molecule has 0 aliphatic heterocycles. The van der Waals surface area contributed by atoms with Crippen LogP contribution in [0.2, 0.25) is 0 Å². The Labute approximate surface area is 185 Å². The van der Waals surface area contributed by atoms with Gasteiger partial charge >= 0.3 is 0 Å². The summed E-state index contributed by atoms with van der Waals surface area (Å²) in [6, 6.07) is 3.93. The van der Waals surface area contributed by atoms with Crippen LogP contribution in [0.25, 0.3) is 27.7 Å². The van der Waals surface area contributed by atoms with Crippen LogP contribution in [0.1, 0.15) is 72.0 Å². The van der Waals surface area contributed by atoms with Crippen molar-refractivity contribution in [1.29, 1.82) is 0 Å². The molecule has 31 heavy (non-hydrogen) atoms. The Morgan fingerprint density at radius 1 is 1.16 bits per heavy atom. The summed E-state index contributed by atoms with van der Waals surface area (Å²) in [5.74, 6) is 0.600. The average molecular weight is 423 g/mol. The van der Waals surface area contributed by atoms with Crippen molar-refractivity contribution in [2.24, 2.45) is 0 Å². The van der Waals surface area contributed by atoms with E-state index in [9.17, 15) is 4.79 Å². The maximum Gasteiger partial charge on any atom is 0.224 e. The Kier molecular flexibility index (Phi) is 6.60. The summed E-state index contributed by atoms with van der Waals surface area (Å²) in [7, 11) is 0. The molecule has 1 fully saturated rings. The lowest BCUT2D eigenvalue weighted by atomic mass is 10.1. The third-order valence-corrected chi connectivity index (χ3v) is 5.73. The first kappa shape index (κ1) is 21.0. The fourth-order valence-corrected chi connectivity index (χ4v) is 4.05. The molecule has 4 heterocycles. The van der Waals surface area contributed by atoms with Gasteiger partial charge < -0.3 is 10.3 Å². The number of hydrogen-bond acceptors (Lipinski definition) is 5. The van der Waals surface area contributed by atoms with Crippen LogP contribution >= 0.6 is 0 Å². The zero-order valence-corrected chi connectivity index (χ0v) is 18.3. The molecule has 0 atom stereocenters. The fourth-order valence-electron chi connectivity index (χ4n) is 4.05. The summed E-state index contributed by atoms with van der Waals surface area (Å²) in [6.07, 6.45) is 17.7. The lowest BCUT2D eigenvalue weighted by Crippen LogP contribution is -2.01. The molecular formula is C24H34N6O. The third-order valence-electron chi connectivity index (χ3n) is 5.73. The number of nitrogens with zero attached hydrogens (tertiary/aromatic N) is 4. The van der Waals surface area contributed by atoms with E-state index < -0.39 is 0 Å². The lowest BCUT2D eigenvalue weighted by Gasteiger charge is -2.03. The minimum Gasteiger partial charge on any atom is -0.354 e. The number of fused-ring (bicyclic) bond motifs is 2. The predicted molar refractivity (Wildman–Crippen MR) is 129 cm³/mol. The van der Waals surface area contributed by atoms with Gasteiger partial charge in [0.25, 0.3) is 0 Å². The number of anilines is 1. The highest BCUT2D eigenvalue weighted by atomic mass is 16.1. The van der Waals surface area contributed by atoms with Gasteiger partial charge in [-0.15, -0.1) is 0 Å². The highest BCUT2D eigenvalue weighted by Gasteiger charge is 2.13. The van der Waals surface area contributed by atoms with Crippen LogP contribution in [0.4, 0.5) is 5.95 Å². The molecule has 4 aromatic heterocycles. The van der Waals surface area contributed by atoms with Gasteiger partial charge in [-0.1, -0.05) is 44.9 Å². The van der Waals surface area contributed by atoms with Crippen LogP contribution in [0, 0.1) is 0 Å². The molecule has 4 aromatic rings. The summed E-state index contributed by atoms with van der Waals surface area (Å²) in [5.41, 5.74) is 4.15. The van der Waals surface area contributed by atoms with Gasteiger partial charge in [0.15, 0.2) is 5.78 Å². The second kappa shape index (κ2) is 9.73. The first-order valence-electron chi connectivity index (χ1n) is 11.2. The largest absolute Gasteiger partial charge is 0.354 e. The van der Waals surface area contributed by atoms with E-state index in [-0.39, 0.29) is 8.64 Å². The number of ketones is 1. The number of rotatable bonds is 4. The molecular weight excluding hydrogens is 388 g/mol. The lowest BCUT2D eigenvalue weighted by molar-refractivity contribution is 0.101. The van der Waals surface area contributed by atoms with Gasteiger partial charge in [0.1, 0.15) is 5.65 Å². The summed E-state index contributed by atoms with van der Waals surface area (Å²) in [4.78, 5) is 23.7. The molecule has 1 aliphatic carbocycles. The molecule has 7 nitrogen and oxygen atoms in total. The summed E-state index contributed by atoms with van der Waals surface area (Å²) in [5, 5.41) is 8.24. The molecule has 2 N–H and O–H groups in total. The van der Waals surface area contributed by atoms with Crippen LogP contribution in [0.5, 0.6) is 0 Å². The van der Waals surface area contributed by atoms with E-state index in [0.717, 1.165) is 34.2 Å². The Hall–Kier alpha value is -3.22. The van der Waals surface area contributed by atoms with Crippen LogP contribution in [-0.4, -0.2) is 36.9 Å². The molecule has 7 heteroatoms. The van der Waals surface area contributed by atoms with Gasteiger partial charge in [-0.25, -0.2) is 9.50 Å². The summed E-state index contributed by atoms with van der Waals surface area (Å²) >= 11 is 0. The minimum atomic E-state index is -0.000285. The molecule has 0 aromatic carbocycles. The number of H-pyrrole nitrogens is 1. The smallest absolute Gasteiger partial charge is 0.224 e. The molecule has 0 spiro atoms. The van der Waals surface area contributed by atoms with Gasteiger partial charge in [0.2, 0.25) is 5.95 Å². The molecule has 0 saturated heterocycles. The number of aromatic nitrogens is 5. The number of Topliss-reactive ketones (excluding diaryl/α,β-unsaturated/α-hetero) is 1. The Morgan fingerprint density at radius 3 is 2.52 bits per heavy atom. The molecule has 1 aliphatic rings. The van der Waals surface area contributed by atoms with Crippen molar-refractivity contribution in [1.82, 2.24) is 24.6 Å². The van der Waals surface area contributed by atoms with E-state index in [0.29, 0.717) is 11.5 Å². The molecule has 0 radical (unpaired) electrons. The number of pyridine rings is 1. The van der Waals surface area contributed by atoms with Crippen molar-refractivity contribution < 1.29 is 7.65 Å². The van der Waals surface area contributed by atoms with E-state index in [2.05, 4.69) is 25.4 Å². The fraction of sp³-hybridized carbons (Fsp3) is 0.417. The molecule has 5 rings (SSSR count). The molecule has 0 amide bonds. The van der Waals surface area contributed by atoms with Crippen molar-refractivity contribution in [3.63, 3.8) is 0 Å². The number of hydrogen-bond donors (Lipinski definition) is 2. The van der Waals surface area contributed by atoms with Crippen molar-refractivity contribution in [2.75, 3.05) is 11.9 Å². The predicted octanol–water partition coefficient (Wildman–Crippen LogP) is 6.13. The number of carbonyl (C=O) groups is 1. The Morgan fingerprint density at radius 2 is 1.87 bits per heavy atom. The van der Waals surface area contributed by atoms with E-state index in [4.69, 9.17) is 0 Å². The van der Waals surface area contributed by atoms with Gasteiger partial charge in [-0.2, -0.15) is 10.1 Å². The second-order valence-corrected chi connectivity index (χ2v) is 8.02. The Bertz CT molecular complexity index is 1170. The quantitative estimate of drug-likeness (QED) is 0.305. The highest BCUT2D eigenvalue weighted by Crippen LogP contribution is 2.29. The topological polar surface area (TPSA) is 88.0 Å². The number of carbonyl (C=O) groups excluding carboxylic acids is 1. The Balaban J connectivity index is 0.000000371. The van der Waals surface area contributed by atoms with Crippen molar-refractivity contribution in [3.8, 4) is 11.1 Å². The van der Waals surface area contributed by atoms with Gasteiger partial charge in [-0.05, 0) is 31.5 Å². The maximum absolute atomic E-state index is 11.7. The van der Waals surface area contributed by atoms with Gasteiger partial charge in [0.05, 0.1) is 17.3 Å². The molecule has 166 valence electrons. The van der Waals surface area contributed by atoms with Crippen LogP contribution in [0.15, 0.2) is 36.9 Å². The highest BCUT2D eigenvalue weighted by molar-refractivity contribution is 6.02. The normalized spacial score (nSPS) is 14.1. The maximum atomic E-state index is 11.7. The van der Waals surface area contributed by atoms with Crippen molar-refractivity contribution in [3.05, 3.63) is 42.5 Å². The van der Waals surface area contributed by atoms with Gasteiger partial charge in [0, 0.05) is 38.9 Å². The van der Waals surface area contributed by atoms with Crippen LogP contribution in [0.3, 0.4) is 0 Å². The van der Waals surface area contributed by atoms with E-state index in [1.54, 1.807) is 23.8 Å². The summed E-state index contributed by atoms with van der Waals surface area (Å²) in [6.45, 7) is 4.32. The van der Waals surface area contributed by atoms with E-state index in [1.165, 1.54) is 44.9 Å². The van der Waals surface area contributed by atoms with E-state index >= 15 is 0 Å². The number of aromatic amines is 1. The van der Waals surface area contributed by atoms with Crippen LogP contribution in [-0.2, 0) is 0 Å². The van der Waals surface area contributed by atoms with Gasteiger partial charge in [-0.3, -0.25) is 4.79 Å². The first-order chi connectivity index (χ1) is 15.2. The standard InChI is InChI=1S/C17H16N6O.C7H14.2H2/c1-3-18-17-20-8-14-13(7-19-16(14)22-17)11-4-5-23-15(6-11)12(9-21-23)10(2)24;1-2-4-6-7-5-3-1;;/h4-9H,3H2,1-2H3,(H2,18,19,20,22);1-7H2;2*1H. The number of nitrogens with one attached hydrogen (secondary N) is 2. The summed E-state index contributed by atoms with van der Waals surface area (Å²) < 4.78 is 1.70. The minimum absolute atomic E-state index is 0. The average Bonchev–Trinajstić information content (AvgIpc) is 3.26.